The van der Waals surface area contributed by atoms with E-state index in [-0.39, 0.29) is 11.9 Å². The molecule has 6 heteroatoms. The molecule has 1 amide bonds. The molecule has 116 valence electrons. The van der Waals surface area contributed by atoms with E-state index in [0.29, 0.717) is 25.1 Å². The number of nitrogens with one attached hydrogen (secondary N) is 1. The van der Waals surface area contributed by atoms with Crippen molar-refractivity contribution < 1.29 is 13.6 Å². The van der Waals surface area contributed by atoms with E-state index in [0.717, 1.165) is 12.1 Å². The van der Waals surface area contributed by atoms with E-state index in [1.165, 1.54) is 6.07 Å². The third-order valence-electron chi connectivity index (χ3n) is 3.71. The van der Waals surface area contributed by atoms with Gasteiger partial charge in [-0.05, 0) is 38.2 Å². The van der Waals surface area contributed by atoms with Crippen LogP contribution < -0.4 is 5.32 Å². The number of likely N-dealkylation sites (N-methyl/N-ethyl adjacent to an activating group) is 1. The summed E-state index contributed by atoms with van der Waals surface area (Å²) in [4.78, 5) is 16.0. The minimum atomic E-state index is -0.894. The molecule has 1 aliphatic rings. The molecule has 2 unspecified atom stereocenters. The number of rotatable bonds is 5. The van der Waals surface area contributed by atoms with Crippen LogP contribution in [0.25, 0.3) is 0 Å². The monoisotopic (exact) mass is 297 g/mol. The van der Waals surface area contributed by atoms with Crippen molar-refractivity contribution in [3.63, 3.8) is 0 Å². The quantitative estimate of drug-likeness (QED) is 0.899. The van der Waals surface area contributed by atoms with Gasteiger partial charge >= 0.3 is 0 Å². The molecule has 2 atom stereocenters. The second-order valence-corrected chi connectivity index (χ2v) is 5.54. The van der Waals surface area contributed by atoms with Crippen molar-refractivity contribution in [3.8, 4) is 0 Å². The molecule has 0 saturated carbocycles. The highest BCUT2D eigenvalue weighted by atomic mass is 19.2. The average molecular weight is 297 g/mol. The summed E-state index contributed by atoms with van der Waals surface area (Å²) < 4.78 is 26.5. The smallest absolute Gasteiger partial charge is 0.241 e. The standard InChI is InChI=1S/C15H21F2N3O/c1-4-13-15(21)20(8-7-19(2)3)14(18-13)10-5-6-11(16)12(17)9-10/h5-6,9,13-14,18H,4,7-8H2,1-3H3. The number of benzene rings is 1. The van der Waals surface area contributed by atoms with Gasteiger partial charge in [0.15, 0.2) is 11.6 Å². The molecule has 1 saturated heterocycles. The maximum Gasteiger partial charge on any atom is 0.241 e. The fraction of sp³-hybridized carbons (Fsp3) is 0.533. The zero-order valence-electron chi connectivity index (χ0n) is 12.6. The molecule has 1 aliphatic heterocycles. The van der Waals surface area contributed by atoms with Crippen LogP contribution in [-0.4, -0.2) is 48.9 Å². The van der Waals surface area contributed by atoms with Crippen molar-refractivity contribution >= 4 is 5.91 Å². The molecule has 0 radical (unpaired) electrons. The van der Waals surface area contributed by atoms with Gasteiger partial charge in [0.05, 0.1) is 6.04 Å². The summed E-state index contributed by atoms with van der Waals surface area (Å²) in [6, 6.07) is 3.50. The van der Waals surface area contributed by atoms with Crippen LogP contribution in [0.3, 0.4) is 0 Å². The van der Waals surface area contributed by atoms with Gasteiger partial charge in [0.25, 0.3) is 0 Å². The van der Waals surface area contributed by atoms with Crippen molar-refractivity contribution in [2.24, 2.45) is 0 Å². The van der Waals surface area contributed by atoms with Crippen LogP contribution in [0.5, 0.6) is 0 Å². The van der Waals surface area contributed by atoms with Crippen LogP contribution in [0.1, 0.15) is 25.1 Å². The van der Waals surface area contributed by atoms with Crippen LogP contribution in [0.2, 0.25) is 0 Å². The summed E-state index contributed by atoms with van der Waals surface area (Å²) >= 11 is 0. The zero-order valence-corrected chi connectivity index (χ0v) is 12.6. The summed E-state index contributed by atoms with van der Waals surface area (Å²) in [5, 5.41) is 3.20. The van der Waals surface area contributed by atoms with Crippen molar-refractivity contribution in [2.75, 3.05) is 27.2 Å². The molecule has 4 nitrogen and oxygen atoms in total. The first kappa shape index (κ1) is 15.9. The molecule has 2 rings (SSSR count). The van der Waals surface area contributed by atoms with Crippen molar-refractivity contribution in [1.82, 2.24) is 15.1 Å². The van der Waals surface area contributed by atoms with Gasteiger partial charge in [-0.15, -0.1) is 0 Å². The molecule has 1 aromatic carbocycles. The van der Waals surface area contributed by atoms with Gasteiger partial charge in [-0.2, -0.15) is 0 Å². The van der Waals surface area contributed by atoms with Crippen molar-refractivity contribution in [1.29, 1.82) is 0 Å². The lowest BCUT2D eigenvalue weighted by Crippen LogP contribution is -2.36. The Kier molecular flexibility index (Phi) is 4.90. The highest BCUT2D eigenvalue weighted by Crippen LogP contribution is 2.27. The molecule has 0 spiro atoms. The largest absolute Gasteiger partial charge is 0.320 e. The van der Waals surface area contributed by atoms with Gasteiger partial charge in [-0.25, -0.2) is 8.78 Å². The van der Waals surface area contributed by atoms with Crippen LogP contribution >= 0.6 is 0 Å². The Morgan fingerprint density at radius 1 is 1.29 bits per heavy atom. The lowest BCUT2D eigenvalue weighted by Gasteiger charge is -2.26. The third kappa shape index (κ3) is 3.39. The third-order valence-corrected chi connectivity index (χ3v) is 3.71. The highest BCUT2D eigenvalue weighted by molar-refractivity contribution is 5.84. The predicted molar refractivity (Wildman–Crippen MR) is 76.6 cm³/mol. The Labute approximate surface area is 123 Å². The van der Waals surface area contributed by atoms with Crippen LogP contribution in [-0.2, 0) is 4.79 Å². The van der Waals surface area contributed by atoms with E-state index in [4.69, 9.17) is 0 Å². The second-order valence-electron chi connectivity index (χ2n) is 5.54. The molecule has 0 aliphatic carbocycles. The minimum Gasteiger partial charge on any atom is -0.320 e. The van der Waals surface area contributed by atoms with E-state index < -0.39 is 17.8 Å². The molecule has 1 aromatic rings. The number of carbonyl (C=O) groups is 1. The van der Waals surface area contributed by atoms with E-state index in [2.05, 4.69) is 5.32 Å². The van der Waals surface area contributed by atoms with Gasteiger partial charge in [0.2, 0.25) is 5.91 Å². The molecule has 21 heavy (non-hydrogen) atoms. The van der Waals surface area contributed by atoms with Gasteiger partial charge in [0, 0.05) is 13.1 Å². The Morgan fingerprint density at radius 3 is 2.57 bits per heavy atom. The molecule has 1 N–H and O–H groups in total. The average Bonchev–Trinajstić information content (AvgIpc) is 2.76. The van der Waals surface area contributed by atoms with Crippen LogP contribution in [0.4, 0.5) is 8.78 Å². The molecule has 0 bridgehead atoms. The molecule has 1 heterocycles. The van der Waals surface area contributed by atoms with Crippen molar-refractivity contribution in [3.05, 3.63) is 35.4 Å². The Bertz CT molecular complexity index is 522. The van der Waals surface area contributed by atoms with Crippen LogP contribution in [0.15, 0.2) is 18.2 Å². The SMILES string of the molecule is CCC1NC(c2ccc(F)c(F)c2)N(CCN(C)C)C1=O. The maximum absolute atomic E-state index is 13.4. The number of carbonyl (C=O) groups excluding carboxylic acids is 1. The first-order valence-electron chi connectivity index (χ1n) is 7.10. The first-order chi connectivity index (χ1) is 9.93. The summed E-state index contributed by atoms with van der Waals surface area (Å²) in [6.45, 7) is 3.18. The predicted octanol–water partition coefficient (Wildman–Crippen LogP) is 1.74. The summed E-state index contributed by atoms with van der Waals surface area (Å²) in [6.07, 6.45) is 0.259. The maximum atomic E-state index is 13.4. The number of hydrogen-bond donors (Lipinski definition) is 1. The van der Waals surface area contributed by atoms with E-state index in [1.807, 2.05) is 25.9 Å². The van der Waals surface area contributed by atoms with Gasteiger partial charge in [-0.3, -0.25) is 10.1 Å². The van der Waals surface area contributed by atoms with Crippen LogP contribution in [0, 0.1) is 11.6 Å². The minimum absolute atomic E-state index is 0.00841. The number of halogens is 2. The molecular formula is C15H21F2N3O. The van der Waals surface area contributed by atoms with E-state index >= 15 is 0 Å². The Morgan fingerprint density at radius 2 is 2.00 bits per heavy atom. The normalized spacial score (nSPS) is 22.4. The van der Waals surface area contributed by atoms with E-state index in [9.17, 15) is 13.6 Å². The lowest BCUT2D eigenvalue weighted by molar-refractivity contribution is -0.130. The lowest BCUT2D eigenvalue weighted by atomic mass is 10.1. The number of amides is 1. The molecule has 0 aromatic heterocycles. The number of nitrogens with zero attached hydrogens (tertiary/aromatic N) is 2. The van der Waals surface area contributed by atoms with Crippen molar-refractivity contribution in [2.45, 2.75) is 25.6 Å². The fourth-order valence-electron chi connectivity index (χ4n) is 2.48. The summed E-state index contributed by atoms with van der Waals surface area (Å²) in [5.41, 5.74) is 0.567. The number of hydrogen-bond acceptors (Lipinski definition) is 3. The Hall–Kier alpha value is -1.53. The zero-order chi connectivity index (χ0) is 15.6. The molecular weight excluding hydrogens is 276 g/mol. The van der Waals surface area contributed by atoms with Gasteiger partial charge in [0.1, 0.15) is 6.17 Å². The van der Waals surface area contributed by atoms with Gasteiger partial charge in [-0.1, -0.05) is 13.0 Å². The second kappa shape index (κ2) is 6.49. The topological polar surface area (TPSA) is 35.6 Å². The highest BCUT2D eigenvalue weighted by Gasteiger charge is 2.38. The summed E-state index contributed by atoms with van der Waals surface area (Å²) in [5.74, 6) is -1.77. The molecule has 1 fully saturated rings. The fourth-order valence-corrected chi connectivity index (χ4v) is 2.48. The Balaban J connectivity index is 2.25. The van der Waals surface area contributed by atoms with Gasteiger partial charge < -0.3 is 9.80 Å². The summed E-state index contributed by atoms with van der Waals surface area (Å²) in [7, 11) is 3.86. The first-order valence-corrected chi connectivity index (χ1v) is 7.10. The van der Waals surface area contributed by atoms with E-state index in [1.54, 1.807) is 4.90 Å².